The first-order valence-electron chi connectivity index (χ1n) is 15.6. The maximum absolute atomic E-state index is 14.2. The van der Waals surface area contributed by atoms with Crippen molar-refractivity contribution in [3.8, 4) is 0 Å². The van der Waals surface area contributed by atoms with Gasteiger partial charge in [0.1, 0.15) is 12.1 Å². The molecule has 4 bridgehead atoms. The second-order valence-corrected chi connectivity index (χ2v) is 15.6. The molecule has 1 saturated heterocycles. The van der Waals surface area contributed by atoms with Crippen LogP contribution in [0, 0.1) is 40.4 Å². The van der Waals surface area contributed by atoms with E-state index in [1.54, 1.807) is 4.90 Å². The van der Waals surface area contributed by atoms with E-state index in [1.807, 2.05) is 27.7 Å². The third-order valence-electron chi connectivity index (χ3n) is 11.0. The molecule has 0 radical (unpaired) electrons. The third-order valence-corrected chi connectivity index (χ3v) is 11.0. The molecule has 0 aromatic carbocycles. The van der Waals surface area contributed by atoms with Crippen LogP contribution >= 0.6 is 0 Å². The lowest BCUT2D eigenvalue weighted by atomic mass is 9.53. The predicted octanol–water partition coefficient (Wildman–Crippen LogP) is 2.49. The molecule has 6 aliphatic rings. The SMILES string of the molecule is CCCC(NC(=O)[C@@H]1[C@@H]2[C@H](CN1C(=O)[C@@H](NC(=O)NC13CC4CC(CC(C4)C1)C3)C(C)(C)C)C2(C)C)C(=O)C(N)=O. The highest BCUT2D eigenvalue weighted by Crippen LogP contribution is 2.65. The largest absolute Gasteiger partial charge is 0.363 e. The van der Waals surface area contributed by atoms with Crippen molar-refractivity contribution in [2.75, 3.05) is 6.54 Å². The Balaban J connectivity index is 1.32. The van der Waals surface area contributed by atoms with Gasteiger partial charge in [0.25, 0.3) is 5.91 Å². The molecule has 5 atom stereocenters. The van der Waals surface area contributed by atoms with Crippen molar-refractivity contribution < 1.29 is 24.0 Å². The van der Waals surface area contributed by atoms with Gasteiger partial charge in [-0.2, -0.15) is 0 Å². The van der Waals surface area contributed by atoms with Crippen LogP contribution in [0.3, 0.4) is 0 Å². The van der Waals surface area contributed by atoms with Gasteiger partial charge < -0.3 is 26.6 Å². The molecule has 228 valence electrons. The van der Waals surface area contributed by atoms with Gasteiger partial charge in [-0.25, -0.2) is 4.79 Å². The number of rotatable bonds is 9. The summed E-state index contributed by atoms with van der Waals surface area (Å²) in [5.74, 6) is -0.563. The second-order valence-electron chi connectivity index (χ2n) is 15.6. The van der Waals surface area contributed by atoms with Crippen molar-refractivity contribution in [1.29, 1.82) is 0 Å². The summed E-state index contributed by atoms with van der Waals surface area (Å²) in [6, 6.07) is -2.97. The van der Waals surface area contributed by atoms with E-state index in [0.717, 1.165) is 19.3 Å². The molecule has 5 amide bonds. The lowest BCUT2D eigenvalue weighted by Crippen LogP contribution is -2.65. The van der Waals surface area contributed by atoms with Gasteiger partial charge in [-0.3, -0.25) is 19.2 Å². The number of hydrogen-bond acceptors (Lipinski definition) is 5. The summed E-state index contributed by atoms with van der Waals surface area (Å²) in [7, 11) is 0. The van der Waals surface area contributed by atoms with E-state index in [-0.39, 0.29) is 41.1 Å². The Hall–Kier alpha value is -2.65. The molecule has 1 aliphatic heterocycles. The Morgan fingerprint density at radius 2 is 1.51 bits per heavy atom. The highest BCUT2D eigenvalue weighted by atomic mass is 16.2. The molecule has 6 rings (SSSR count). The van der Waals surface area contributed by atoms with Gasteiger partial charge in [-0.05, 0) is 85.4 Å². The van der Waals surface area contributed by atoms with E-state index >= 15 is 0 Å². The summed E-state index contributed by atoms with van der Waals surface area (Å²) in [4.78, 5) is 67.0. The van der Waals surface area contributed by atoms with Crippen molar-refractivity contribution in [3.05, 3.63) is 0 Å². The molecule has 10 nitrogen and oxygen atoms in total. The van der Waals surface area contributed by atoms with E-state index in [2.05, 4.69) is 29.8 Å². The van der Waals surface area contributed by atoms with Crippen molar-refractivity contribution in [2.45, 2.75) is 117 Å². The minimum Gasteiger partial charge on any atom is -0.363 e. The summed E-state index contributed by atoms with van der Waals surface area (Å²) in [5.41, 5.74) is 4.32. The lowest BCUT2D eigenvalue weighted by molar-refractivity contribution is -0.145. The first kappa shape index (κ1) is 29.8. The number of carbonyl (C=O) groups is 5. The number of piperidine rings is 1. The fraction of sp³-hybridized carbons (Fsp3) is 0.839. The number of ketones is 1. The first-order valence-corrected chi connectivity index (χ1v) is 15.6. The number of nitrogens with one attached hydrogen (secondary N) is 3. The summed E-state index contributed by atoms with van der Waals surface area (Å²) >= 11 is 0. The van der Waals surface area contributed by atoms with Crippen molar-refractivity contribution in [2.24, 2.45) is 46.2 Å². The number of fused-ring (bicyclic) bond motifs is 1. The molecule has 5 saturated carbocycles. The predicted molar refractivity (Wildman–Crippen MR) is 153 cm³/mol. The van der Waals surface area contributed by atoms with Crippen molar-refractivity contribution in [1.82, 2.24) is 20.9 Å². The van der Waals surface area contributed by atoms with Gasteiger partial charge in [-0.1, -0.05) is 48.0 Å². The molecule has 5 aliphatic carbocycles. The number of primary amides is 1. The third kappa shape index (κ3) is 5.47. The Labute approximate surface area is 243 Å². The fourth-order valence-electron chi connectivity index (χ4n) is 9.29. The quantitative estimate of drug-likeness (QED) is 0.314. The topological polar surface area (TPSA) is 151 Å². The molecule has 10 heteroatoms. The van der Waals surface area contributed by atoms with E-state index < -0.39 is 41.1 Å². The maximum atomic E-state index is 14.2. The summed E-state index contributed by atoms with van der Waals surface area (Å²) in [6.07, 6.45) is 7.70. The second kappa shape index (κ2) is 10.3. The average Bonchev–Trinajstić information content (AvgIpc) is 3.18. The zero-order chi connectivity index (χ0) is 30.1. The fourth-order valence-corrected chi connectivity index (χ4v) is 9.29. The molecular formula is C31H49N5O5. The van der Waals surface area contributed by atoms with Crippen LogP contribution in [0.4, 0.5) is 4.79 Å². The zero-order valence-electron chi connectivity index (χ0n) is 25.5. The number of hydrogen-bond donors (Lipinski definition) is 4. The van der Waals surface area contributed by atoms with Gasteiger partial charge in [-0.15, -0.1) is 0 Å². The number of urea groups is 1. The highest BCUT2D eigenvalue weighted by Gasteiger charge is 2.70. The van der Waals surface area contributed by atoms with Crippen LogP contribution in [-0.2, 0) is 19.2 Å². The Morgan fingerprint density at radius 1 is 0.951 bits per heavy atom. The maximum Gasteiger partial charge on any atom is 0.315 e. The standard InChI is InChI=1S/C31H49N5O5/c1-7-8-20(23(37)25(32)38)33-26(39)22-21-19(30(21,5)6)15-36(22)27(40)24(29(2,3)4)34-28(41)35-31-12-16-9-17(13-31)11-18(10-16)14-31/h16-22,24H,7-15H2,1-6H3,(H2,32,38)(H,33,39)(H2,34,35,41)/t16?,17?,18?,19-,20?,21-,22-,24+,31?/m0/s1. The number of likely N-dealkylation sites (tertiary alicyclic amines) is 1. The molecule has 5 N–H and O–H groups in total. The van der Waals surface area contributed by atoms with Crippen molar-refractivity contribution >= 4 is 29.5 Å². The van der Waals surface area contributed by atoms with Gasteiger partial charge in [0.05, 0.1) is 6.04 Å². The van der Waals surface area contributed by atoms with Gasteiger partial charge in [0.2, 0.25) is 17.6 Å². The van der Waals surface area contributed by atoms with E-state index in [9.17, 15) is 24.0 Å². The van der Waals surface area contributed by atoms with Crippen LogP contribution < -0.4 is 21.7 Å². The minimum atomic E-state index is -1.09. The first-order chi connectivity index (χ1) is 19.1. The van der Waals surface area contributed by atoms with Gasteiger partial charge in [0.15, 0.2) is 0 Å². The van der Waals surface area contributed by atoms with Crippen LogP contribution in [0.15, 0.2) is 0 Å². The number of carbonyl (C=O) groups excluding carboxylic acids is 5. The van der Waals surface area contributed by atoms with E-state index in [1.165, 1.54) is 19.3 Å². The van der Waals surface area contributed by atoms with Crippen LogP contribution in [0.1, 0.15) is 92.9 Å². The summed E-state index contributed by atoms with van der Waals surface area (Å²) < 4.78 is 0. The Kier molecular flexibility index (Phi) is 7.47. The normalized spacial score (nSPS) is 35.7. The smallest absolute Gasteiger partial charge is 0.315 e. The number of nitrogens with zero attached hydrogens (tertiary/aromatic N) is 1. The monoisotopic (exact) mass is 571 g/mol. The molecular weight excluding hydrogens is 522 g/mol. The minimum absolute atomic E-state index is 0.0705. The van der Waals surface area contributed by atoms with E-state index in [4.69, 9.17) is 5.73 Å². The number of nitrogens with two attached hydrogens (primary N) is 1. The molecule has 0 aromatic heterocycles. The zero-order valence-corrected chi connectivity index (χ0v) is 25.5. The van der Waals surface area contributed by atoms with Crippen LogP contribution in [-0.4, -0.2) is 64.6 Å². The molecule has 0 spiro atoms. The lowest BCUT2D eigenvalue weighted by Gasteiger charge is -2.56. The Bertz CT molecular complexity index is 1090. The Morgan fingerprint density at radius 3 is 2.00 bits per heavy atom. The molecule has 1 heterocycles. The van der Waals surface area contributed by atoms with E-state index in [0.29, 0.717) is 30.7 Å². The molecule has 41 heavy (non-hydrogen) atoms. The molecule has 0 aromatic rings. The van der Waals surface area contributed by atoms with Crippen LogP contribution in [0.25, 0.3) is 0 Å². The van der Waals surface area contributed by atoms with Gasteiger partial charge >= 0.3 is 6.03 Å². The van der Waals surface area contributed by atoms with Crippen LogP contribution in [0.5, 0.6) is 0 Å². The molecule has 1 unspecified atom stereocenters. The summed E-state index contributed by atoms with van der Waals surface area (Å²) in [6.45, 7) is 12.2. The van der Waals surface area contributed by atoms with Crippen LogP contribution in [0.2, 0.25) is 0 Å². The highest BCUT2D eigenvalue weighted by molar-refractivity contribution is 6.37. The number of amides is 5. The van der Waals surface area contributed by atoms with Crippen molar-refractivity contribution in [3.63, 3.8) is 0 Å². The molecule has 6 fully saturated rings. The van der Waals surface area contributed by atoms with Gasteiger partial charge in [0, 0.05) is 12.1 Å². The number of Topliss-reactive ketones (excluding diaryl/α,β-unsaturated/α-hetero) is 1. The average molecular weight is 572 g/mol. The summed E-state index contributed by atoms with van der Waals surface area (Å²) in [5, 5.41) is 9.09.